The molecule has 130 valence electrons. The molecule has 0 spiro atoms. The number of carbonyl (C=O) groups is 2. The van der Waals surface area contributed by atoms with Gasteiger partial charge in [-0.3, -0.25) is 9.59 Å². The molecular formula is C14H11Cl2F2NO5. The molecule has 0 radical (unpaired) electrons. The zero-order valence-electron chi connectivity index (χ0n) is 12.2. The zero-order valence-corrected chi connectivity index (χ0v) is 13.7. The van der Waals surface area contributed by atoms with Crippen LogP contribution in [-0.4, -0.2) is 29.1 Å². The Bertz CT molecular complexity index is 727. The van der Waals surface area contributed by atoms with E-state index in [-0.39, 0.29) is 23.6 Å². The Morgan fingerprint density at radius 3 is 2.54 bits per heavy atom. The molecule has 1 heterocycles. The molecule has 0 saturated heterocycles. The Morgan fingerprint density at radius 1 is 1.29 bits per heavy atom. The van der Waals surface area contributed by atoms with Crippen molar-refractivity contribution in [3.63, 3.8) is 0 Å². The number of hydrogen-bond donors (Lipinski definition) is 1. The molecule has 0 unspecified atom stereocenters. The highest BCUT2D eigenvalue weighted by Gasteiger charge is 2.69. The first-order valence-corrected chi connectivity index (χ1v) is 7.53. The number of esters is 1. The van der Waals surface area contributed by atoms with Crippen LogP contribution in [0.4, 0.5) is 14.5 Å². The third-order valence-corrected chi connectivity index (χ3v) is 4.83. The maximum absolute atomic E-state index is 12.9. The molecule has 10 heteroatoms. The van der Waals surface area contributed by atoms with Gasteiger partial charge in [0.2, 0.25) is 0 Å². The molecule has 1 fully saturated rings. The van der Waals surface area contributed by atoms with Crippen LogP contribution in [-0.2, 0) is 14.3 Å². The van der Waals surface area contributed by atoms with Crippen LogP contribution in [0.1, 0.15) is 13.3 Å². The lowest BCUT2D eigenvalue weighted by atomic mass is 10.1. The molecule has 3 rings (SSSR count). The largest absolute Gasteiger partial charge is 0.586 e. The summed E-state index contributed by atoms with van der Waals surface area (Å²) in [6.07, 6.45) is -3.50. The highest BCUT2D eigenvalue weighted by atomic mass is 35.5. The molecular weight excluding hydrogens is 371 g/mol. The number of fused-ring (bicyclic) bond motifs is 1. The number of ether oxygens (including phenoxy) is 3. The van der Waals surface area contributed by atoms with Crippen LogP contribution in [0.3, 0.4) is 0 Å². The van der Waals surface area contributed by atoms with E-state index in [4.69, 9.17) is 27.9 Å². The molecule has 24 heavy (non-hydrogen) atoms. The van der Waals surface area contributed by atoms with E-state index >= 15 is 0 Å². The molecule has 1 N–H and O–H groups in total. The van der Waals surface area contributed by atoms with E-state index in [1.165, 1.54) is 25.1 Å². The number of anilines is 1. The smallest absolute Gasteiger partial charge is 0.455 e. The van der Waals surface area contributed by atoms with Gasteiger partial charge in [0.05, 0.1) is 0 Å². The van der Waals surface area contributed by atoms with Crippen LogP contribution >= 0.6 is 23.2 Å². The van der Waals surface area contributed by atoms with Crippen LogP contribution in [0.2, 0.25) is 0 Å². The van der Waals surface area contributed by atoms with Crippen LogP contribution in [0.15, 0.2) is 18.2 Å². The third kappa shape index (κ3) is 3.08. The number of rotatable bonds is 4. The van der Waals surface area contributed by atoms with Crippen LogP contribution in [0.5, 0.6) is 11.5 Å². The van der Waals surface area contributed by atoms with Crippen molar-refractivity contribution in [3.05, 3.63) is 18.2 Å². The monoisotopic (exact) mass is 381 g/mol. The second-order valence-electron chi connectivity index (χ2n) is 5.67. The zero-order chi connectivity index (χ0) is 17.8. The molecule has 1 saturated carbocycles. The average molecular weight is 382 g/mol. The van der Waals surface area contributed by atoms with Gasteiger partial charge in [-0.1, -0.05) is 0 Å². The van der Waals surface area contributed by atoms with Gasteiger partial charge in [0.25, 0.3) is 5.91 Å². The van der Waals surface area contributed by atoms with E-state index in [9.17, 15) is 18.4 Å². The van der Waals surface area contributed by atoms with Gasteiger partial charge in [-0.05, 0) is 19.1 Å². The predicted molar refractivity (Wildman–Crippen MR) is 79.4 cm³/mol. The van der Waals surface area contributed by atoms with Crippen molar-refractivity contribution < 1.29 is 32.6 Å². The fourth-order valence-corrected chi connectivity index (χ4v) is 2.82. The summed E-state index contributed by atoms with van der Waals surface area (Å²) in [7, 11) is 0. The Labute approximate surface area is 144 Å². The number of nitrogens with one attached hydrogen (secondary N) is 1. The summed E-state index contributed by atoms with van der Waals surface area (Å²) < 4.78 is 38.0. The molecule has 0 aromatic heterocycles. The summed E-state index contributed by atoms with van der Waals surface area (Å²) in [4.78, 5) is 23.6. The quantitative estimate of drug-likeness (QED) is 0.640. The number of amides is 1. The lowest BCUT2D eigenvalue weighted by molar-refractivity contribution is -0.286. The fourth-order valence-electron chi connectivity index (χ4n) is 2.14. The molecule has 6 nitrogen and oxygen atoms in total. The lowest BCUT2D eigenvalue weighted by Gasteiger charge is -2.12. The number of carbonyl (C=O) groups excluding carboxylic acids is 2. The van der Waals surface area contributed by atoms with Crippen LogP contribution < -0.4 is 14.8 Å². The van der Waals surface area contributed by atoms with Crippen molar-refractivity contribution in [2.24, 2.45) is 5.41 Å². The molecule has 1 aliphatic heterocycles. The topological polar surface area (TPSA) is 73.9 Å². The second-order valence-corrected chi connectivity index (χ2v) is 7.15. The Balaban J connectivity index is 1.54. The van der Waals surface area contributed by atoms with Crippen molar-refractivity contribution in [1.82, 2.24) is 0 Å². The minimum Gasteiger partial charge on any atom is -0.455 e. The van der Waals surface area contributed by atoms with Gasteiger partial charge >= 0.3 is 12.3 Å². The van der Waals surface area contributed by atoms with Gasteiger partial charge in [0.15, 0.2) is 18.1 Å². The highest BCUT2D eigenvalue weighted by molar-refractivity contribution is 6.53. The molecule has 1 amide bonds. The number of hydrogen-bond acceptors (Lipinski definition) is 5. The van der Waals surface area contributed by atoms with E-state index in [2.05, 4.69) is 14.8 Å². The van der Waals surface area contributed by atoms with E-state index < -0.39 is 34.5 Å². The van der Waals surface area contributed by atoms with Crippen LogP contribution in [0, 0.1) is 5.41 Å². The van der Waals surface area contributed by atoms with Gasteiger partial charge < -0.3 is 19.5 Å². The maximum atomic E-state index is 12.9. The number of alkyl halides is 4. The summed E-state index contributed by atoms with van der Waals surface area (Å²) in [6.45, 7) is 0.966. The summed E-state index contributed by atoms with van der Waals surface area (Å²) in [5.41, 5.74) is -0.862. The van der Waals surface area contributed by atoms with Crippen molar-refractivity contribution in [2.75, 3.05) is 11.9 Å². The molecule has 0 bridgehead atoms. The van der Waals surface area contributed by atoms with Gasteiger partial charge in [0, 0.05) is 18.2 Å². The lowest BCUT2D eigenvalue weighted by Crippen LogP contribution is -2.26. The Morgan fingerprint density at radius 2 is 1.92 bits per heavy atom. The van der Waals surface area contributed by atoms with Crippen molar-refractivity contribution in [2.45, 2.75) is 24.0 Å². The minimum absolute atomic E-state index is 0.147. The molecule has 1 aromatic rings. The first-order chi connectivity index (χ1) is 11.0. The van der Waals surface area contributed by atoms with E-state index in [0.717, 1.165) is 0 Å². The Kier molecular flexibility index (Phi) is 3.80. The highest BCUT2D eigenvalue weighted by Crippen LogP contribution is 2.64. The van der Waals surface area contributed by atoms with Gasteiger partial charge in [-0.2, -0.15) is 0 Å². The van der Waals surface area contributed by atoms with Crippen molar-refractivity contribution in [1.29, 1.82) is 0 Å². The standard InChI is InChI=1S/C14H11Cl2F2NO5/c1-12(6-13(12,15)16)11(21)22-5-10(20)19-7-2-3-8-9(4-7)24-14(17,18)23-8/h2-4H,5-6H2,1H3,(H,19,20)/t12-/m1/s1. The summed E-state index contributed by atoms with van der Waals surface area (Å²) >= 11 is 11.7. The first kappa shape index (κ1) is 17.0. The van der Waals surface area contributed by atoms with Gasteiger partial charge in [0.1, 0.15) is 9.75 Å². The number of benzene rings is 1. The minimum atomic E-state index is -3.74. The molecule has 2 aliphatic rings. The summed E-state index contributed by atoms with van der Waals surface area (Å²) in [5.74, 6) is -1.71. The van der Waals surface area contributed by atoms with Gasteiger partial charge in [-0.15, -0.1) is 32.0 Å². The van der Waals surface area contributed by atoms with E-state index in [1.54, 1.807) is 0 Å². The van der Waals surface area contributed by atoms with Gasteiger partial charge in [-0.25, -0.2) is 0 Å². The molecule has 1 atom stereocenters. The summed E-state index contributed by atoms with van der Waals surface area (Å²) in [6, 6.07) is 3.73. The Hall–Kier alpha value is -1.80. The van der Waals surface area contributed by atoms with E-state index in [1.807, 2.05) is 0 Å². The second kappa shape index (κ2) is 5.35. The average Bonchev–Trinajstić information content (AvgIpc) is 2.83. The summed E-state index contributed by atoms with van der Waals surface area (Å²) in [5, 5.41) is 2.38. The molecule has 1 aliphatic carbocycles. The van der Waals surface area contributed by atoms with Crippen LogP contribution in [0.25, 0.3) is 0 Å². The fraction of sp³-hybridized carbons (Fsp3) is 0.429. The maximum Gasteiger partial charge on any atom is 0.586 e. The SMILES string of the molecule is C[C@]1(C(=O)OCC(=O)Nc2ccc3c(c2)OC(F)(F)O3)CC1(Cl)Cl. The normalized spacial score (nSPS) is 25.0. The first-order valence-electron chi connectivity index (χ1n) is 6.77. The third-order valence-electron chi connectivity index (χ3n) is 3.73. The number of halogens is 4. The molecule has 1 aromatic carbocycles. The van der Waals surface area contributed by atoms with Crippen molar-refractivity contribution in [3.8, 4) is 11.5 Å². The van der Waals surface area contributed by atoms with Crippen molar-refractivity contribution >= 4 is 40.8 Å². The predicted octanol–water partition coefficient (Wildman–Crippen LogP) is 3.07. The van der Waals surface area contributed by atoms with E-state index in [0.29, 0.717) is 0 Å².